The first-order chi connectivity index (χ1) is 14.3. The molecule has 2 atom stereocenters. The van der Waals surface area contributed by atoms with E-state index in [1.165, 1.54) is 14.2 Å². The minimum atomic E-state index is -1.27. The summed E-state index contributed by atoms with van der Waals surface area (Å²) in [6.45, 7) is 1.74. The van der Waals surface area contributed by atoms with E-state index in [1.807, 2.05) is 55.0 Å². The molecule has 1 aliphatic heterocycles. The number of esters is 2. The maximum Gasteiger partial charge on any atom is 0.336 e. The summed E-state index contributed by atoms with van der Waals surface area (Å²) in [4.78, 5) is 28.1. The van der Waals surface area contributed by atoms with E-state index < -0.39 is 23.0 Å². The summed E-state index contributed by atoms with van der Waals surface area (Å²) in [5, 5.41) is 6.68. The van der Waals surface area contributed by atoms with Crippen molar-refractivity contribution in [2.45, 2.75) is 34.2 Å². The van der Waals surface area contributed by atoms with Crippen molar-refractivity contribution in [3.63, 3.8) is 0 Å². The number of fused-ring (bicyclic) bond motifs is 1. The van der Waals surface area contributed by atoms with Gasteiger partial charge in [-0.1, -0.05) is 0 Å². The Morgan fingerprint density at radius 2 is 1.57 bits per heavy atom. The van der Waals surface area contributed by atoms with Gasteiger partial charge in [0.25, 0.3) is 0 Å². The molecule has 2 aromatic carbocycles. The van der Waals surface area contributed by atoms with Gasteiger partial charge in [-0.05, 0) is 61.9 Å². The molecule has 0 radical (unpaired) electrons. The van der Waals surface area contributed by atoms with E-state index in [4.69, 9.17) is 9.47 Å². The average molecular weight is 447 g/mol. The third-order valence-corrected chi connectivity index (χ3v) is 6.80. The van der Waals surface area contributed by atoms with E-state index in [2.05, 4.69) is 10.6 Å². The molecule has 2 N–H and O–H groups in total. The second-order valence-corrected chi connectivity index (χ2v) is 9.05. The second-order valence-electron chi connectivity index (χ2n) is 7.29. The van der Waals surface area contributed by atoms with Crippen LogP contribution < -0.4 is 10.6 Å². The maximum atomic E-state index is 13.3. The van der Waals surface area contributed by atoms with Gasteiger partial charge in [-0.3, -0.25) is 0 Å². The van der Waals surface area contributed by atoms with E-state index >= 15 is 0 Å². The van der Waals surface area contributed by atoms with Crippen LogP contribution in [0.15, 0.2) is 52.3 Å². The molecule has 0 amide bonds. The van der Waals surface area contributed by atoms with Gasteiger partial charge >= 0.3 is 11.9 Å². The summed E-state index contributed by atoms with van der Waals surface area (Å²) >= 11 is 3.22. The molecular weight excluding hydrogens is 420 g/mol. The first-order valence-corrected chi connectivity index (χ1v) is 11.8. The van der Waals surface area contributed by atoms with Crippen molar-refractivity contribution < 1.29 is 19.1 Å². The van der Waals surface area contributed by atoms with Crippen LogP contribution in [-0.4, -0.2) is 44.2 Å². The first-order valence-electron chi connectivity index (χ1n) is 9.37. The van der Waals surface area contributed by atoms with Gasteiger partial charge in [-0.2, -0.15) is 0 Å². The van der Waals surface area contributed by atoms with Crippen LogP contribution in [-0.2, 0) is 24.6 Å². The average Bonchev–Trinajstić information content (AvgIpc) is 2.77. The summed E-state index contributed by atoms with van der Waals surface area (Å²) in [6, 6.07) is 13.6. The summed E-state index contributed by atoms with van der Waals surface area (Å²) in [5.74, 6) is -0.914. The lowest BCUT2D eigenvalue weighted by Crippen LogP contribution is -2.59. The quantitative estimate of drug-likeness (QED) is 0.501. The molecule has 8 heteroatoms. The van der Waals surface area contributed by atoms with Gasteiger partial charge in [0, 0.05) is 33.2 Å². The number of thioether (sulfide) groups is 2. The highest BCUT2D eigenvalue weighted by Crippen LogP contribution is 2.46. The molecule has 2 aromatic rings. The Hall–Kier alpha value is -2.32. The molecular formula is C22H26N2O4S2. The summed E-state index contributed by atoms with van der Waals surface area (Å²) in [6.07, 6.45) is 4.10. The number of carbonyl (C=O) groups excluding carboxylic acids is 2. The number of hydrogen-bond acceptors (Lipinski definition) is 8. The molecule has 30 heavy (non-hydrogen) atoms. The third kappa shape index (κ3) is 3.98. The van der Waals surface area contributed by atoms with Crippen LogP contribution in [0.25, 0.3) is 0 Å². The molecule has 0 fully saturated rings. The number of nitrogens with one attached hydrogen (secondary N) is 2. The van der Waals surface area contributed by atoms with Crippen LogP contribution in [0.4, 0.5) is 11.4 Å². The predicted molar refractivity (Wildman–Crippen MR) is 122 cm³/mol. The Balaban J connectivity index is 2.21. The SMILES string of the molecule is COC(=O)C1(C)CC(Nc2ccc(SC)cc2)(C(=O)OC)c2cc(SC)ccc2N1. The van der Waals surface area contributed by atoms with Crippen LogP contribution >= 0.6 is 23.5 Å². The number of methoxy groups -OCH3 is 2. The number of carbonyl (C=O) groups is 2. The van der Waals surface area contributed by atoms with E-state index in [0.717, 1.165) is 21.0 Å². The topological polar surface area (TPSA) is 76.7 Å². The molecule has 0 saturated carbocycles. The van der Waals surface area contributed by atoms with Crippen LogP contribution in [0.5, 0.6) is 0 Å². The highest BCUT2D eigenvalue weighted by atomic mass is 32.2. The van der Waals surface area contributed by atoms with Crippen molar-refractivity contribution in [1.82, 2.24) is 0 Å². The lowest BCUT2D eigenvalue weighted by Gasteiger charge is -2.46. The highest BCUT2D eigenvalue weighted by Gasteiger charge is 2.55. The number of hydrogen-bond donors (Lipinski definition) is 2. The van der Waals surface area contributed by atoms with Gasteiger partial charge in [0.05, 0.1) is 14.2 Å². The molecule has 0 aromatic heterocycles. The lowest BCUT2D eigenvalue weighted by atomic mass is 9.73. The van der Waals surface area contributed by atoms with E-state index in [9.17, 15) is 9.59 Å². The van der Waals surface area contributed by atoms with E-state index in [1.54, 1.807) is 30.4 Å². The van der Waals surface area contributed by atoms with Gasteiger partial charge < -0.3 is 20.1 Å². The van der Waals surface area contributed by atoms with E-state index in [0.29, 0.717) is 5.69 Å². The Morgan fingerprint density at radius 1 is 0.967 bits per heavy atom. The molecule has 3 rings (SSSR count). The Bertz CT molecular complexity index is 951. The van der Waals surface area contributed by atoms with Gasteiger partial charge in [-0.15, -0.1) is 23.5 Å². The zero-order valence-corrected chi connectivity index (χ0v) is 19.3. The van der Waals surface area contributed by atoms with Crippen LogP contribution in [0.2, 0.25) is 0 Å². The predicted octanol–water partition coefficient (Wildman–Crippen LogP) is 4.36. The largest absolute Gasteiger partial charge is 0.467 e. The zero-order chi connectivity index (χ0) is 21.9. The maximum absolute atomic E-state index is 13.3. The smallest absolute Gasteiger partial charge is 0.336 e. The van der Waals surface area contributed by atoms with E-state index in [-0.39, 0.29) is 6.42 Å². The summed E-state index contributed by atoms with van der Waals surface area (Å²) < 4.78 is 10.3. The number of rotatable bonds is 6. The summed E-state index contributed by atoms with van der Waals surface area (Å²) in [5.41, 5.74) is -0.219. The Labute approximate surface area is 185 Å². The normalized spacial score (nSPS) is 22.4. The molecule has 0 bridgehead atoms. The van der Waals surface area contributed by atoms with Crippen molar-refractivity contribution in [1.29, 1.82) is 0 Å². The molecule has 160 valence electrons. The molecule has 1 heterocycles. The summed E-state index contributed by atoms with van der Waals surface area (Å²) in [7, 11) is 2.70. The minimum absolute atomic E-state index is 0.120. The highest BCUT2D eigenvalue weighted by molar-refractivity contribution is 7.98. The van der Waals surface area contributed by atoms with Crippen LogP contribution in [0.3, 0.4) is 0 Å². The van der Waals surface area contributed by atoms with Crippen LogP contribution in [0, 0.1) is 0 Å². The van der Waals surface area contributed by atoms with Gasteiger partial charge in [-0.25, -0.2) is 9.59 Å². The minimum Gasteiger partial charge on any atom is -0.467 e. The van der Waals surface area contributed by atoms with Gasteiger partial charge in [0.1, 0.15) is 5.54 Å². The fraction of sp³-hybridized carbons (Fsp3) is 0.364. The van der Waals surface area contributed by atoms with Crippen molar-refractivity contribution in [2.75, 3.05) is 37.4 Å². The lowest BCUT2D eigenvalue weighted by molar-refractivity contribution is -0.151. The fourth-order valence-corrected chi connectivity index (χ4v) is 4.72. The Kier molecular flexibility index (Phi) is 6.57. The second kappa shape index (κ2) is 8.81. The number of anilines is 2. The molecule has 6 nitrogen and oxygen atoms in total. The van der Waals surface area contributed by atoms with Crippen molar-refractivity contribution in [3.8, 4) is 0 Å². The van der Waals surface area contributed by atoms with Crippen molar-refractivity contribution in [2.24, 2.45) is 0 Å². The number of benzene rings is 2. The molecule has 0 saturated heterocycles. The fourth-order valence-electron chi connectivity index (χ4n) is 3.87. The zero-order valence-electron chi connectivity index (χ0n) is 17.7. The van der Waals surface area contributed by atoms with Gasteiger partial charge in [0.2, 0.25) is 0 Å². The number of ether oxygens (including phenoxy) is 2. The molecule has 1 aliphatic rings. The van der Waals surface area contributed by atoms with Crippen LogP contribution in [0.1, 0.15) is 18.9 Å². The van der Waals surface area contributed by atoms with Gasteiger partial charge in [0.15, 0.2) is 5.54 Å². The Morgan fingerprint density at radius 3 is 2.13 bits per heavy atom. The van der Waals surface area contributed by atoms with Crippen molar-refractivity contribution >= 4 is 46.8 Å². The molecule has 2 unspecified atom stereocenters. The first kappa shape index (κ1) is 22.4. The third-order valence-electron chi connectivity index (χ3n) is 5.33. The molecule has 0 aliphatic carbocycles. The monoisotopic (exact) mass is 446 g/mol. The van der Waals surface area contributed by atoms with Crippen molar-refractivity contribution in [3.05, 3.63) is 48.0 Å². The standard InChI is InChI=1S/C22H26N2O4S2/c1-21(19(25)27-2)13-22(20(26)28-3,23-14-6-8-15(29-4)9-7-14)17-12-16(30-5)10-11-18(17)24-21/h6-12,23-24H,13H2,1-5H3. The molecule has 0 spiro atoms.